The second kappa shape index (κ2) is 6.70. The normalized spacial score (nSPS) is 14.3. The maximum Gasteiger partial charge on any atom is 0.124 e. The van der Waals surface area contributed by atoms with Crippen LogP contribution in [0.3, 0.4) is 0 Å². The molecule has 0 aliphatic heterocycles. The largest absolute Gasteiger partial charge is 0.320 e. The lowest BCUT2D eigenvalue weighted by atomic mass is 10.1. The standard InChI is InChI=1S/C16H21FN2/c1-2-19(11-13-5-6-13)12-15-7-8-16(17)10-14(15)4-3-9-18/h7-8,10,13H,2,5-6,9,11-12,18H2,1H3. The van der Waals surface area contributed by atoms with E-state index in [2.05, 4.69) is 23.7 Å². The van der Waals surface area contributed by atoms with Gasteiger partial charge in [-0.1, -0.05) is 24.8 Å². The molecule has 19 heavy (non-hydrogen) atoms. The van der Waals surface area contributed by atoms with Crippen LogP contribution in [0.25, 0.3) is 0 Å². The maximum atomic E-state index is 13.3. The molecule has 0 heterocycles. The fourth-order valence-corrected chi connectivity index (χ4v) is 2.16. The van der Waals surface area contributed by atoms with E-state index >= 15 is 0 Å². The van der Waals surface area contributed by atoms with Crippen LogP contribution in [0.5, 0.6) is 0 Å². The molecule has 1 saturated carbocycles. The van der Waals surface area contributed by atoms with Crippen LogP contribution in [0.15, 0.2) is 18.2 Å². The average Bonchev–Trinajstić information content (AvgIpc) is 3.21. The van der Waals surface area contributed by atoms with Gasteiger partial charge in [-0.05, 0) is 43.0 Å². The zero-order chi connectivity index (χ0) is 13.7. The van der Waals surface area contributed by atoms with Gasteiger partial charge >= 0.3 is 0 Å². The predicted molar refractivity (Wildman–Crippen MR) is 76.0 cm³/mol. The first-order valence-corrected chi connectivity index (χ1v) is 6.92. The van der Waals surface area contributed by atoms with Crippen LogP contribution >= 0.6 is 0 Å². The minimum absolute atomic E-state index is 0.240. The van der Waals surface area contributed by atoms with Crippen molar-refractivity contribution in [2.45, 2.75) is 26.3 Å². The lowest BCUT2D eigenvalue weighted by molar-refractivity contribution is 0.268. The van der Waals surface area contributed by atoms with Gasteiger partial charge in [0.05, 0.1) is 6.54 Å². The number of hydrogen-bond acceptors (Lipinski definition) is 2. The van der Waals surface area contributed by atoms with E-state index in [0.29, 0.717) is 6.54 Å². The summed E-state index contributed by atoms with van der Waals surface area (Å²) in [4.78, 5) is 2.40. The van der Waals surface area contributed by atoms with Crippen LogP contribution in [0.1, 0.15) is 30.9 Å². The van der Waals surface area contributed by atoms with Gasteiger partial charge in [-0.2, -0.15) is 0 Å². The second-order valence-corrected chi connectivity index (χ2v) is 5.08. The molecule has 3 heteroatoms. The molecule has 0 unspecified atom stereocenters. The molecule has 2 nitrogen and oxygen atoms in total. The summed E-state index contributed by atoms with van der Waals surface area (Å²) in [5.74, 6) is 6.40. The first-order chi connectivity index (χ1) is 9.22. The van der Waals surface area contributed by atoms with Gasteiger partial charge < -0.3 is 5.73 Å². The summed E-state index contributed by atoms with van der Waals surface area (Å²) in [6, 6.07) is 4.85. The molecule has 0 radical (unpaired) electrons. The van der Waals surface area contributed by atoms with E-state index in [-0.39, 0.29) is 5.82 Å². The van der Waals surface area contributed by atoms with Crippen molar-refractivity contribution in [2.75, 3.05) is 19.6 Å². The predicted octanol–water partition coefficient (Wildman–Crippen LogP) is 2.37. The van der Waals surface area contributed by atoms with Crippen molar-refractivity contribution in [3.63, 3.8) is 0 Å². The minimum atomic E-state index is -0.240. The van der Waals surface area contributed by atoms with Crippen LogP contribution in [-0.4, -0.2) is 24.5 Å². The Morgan fingerprint density at radius 3 is 2.84 bits per heavy atom. The number of hydrogen-bond donors (Lipinski definition) is 1. The Bertz CT molecular complexity index is 483. The highest BCUT2D eigenvalue weighted by molar-refractivity contribution is 5.41. The van der Waals surface area contributed by atoms with Crippen LogP contribution in [-0.2, 0) is 6.54 Å². The summed E-state index contributed by atoms with van der Waals surface area (Å²) in [6.45, 7) is 5.45. The molecule has 0 atom stereocenters. The van der Waals surface area contributed by atoms with E-state index < -0.39 is 0 Å². The molecular weight excluding hydrogens is 239 g/mol. The molecule has 0 spiro atoms. The van der Waals surface area contributed by atoms with Crippen molar-refractivity contribution in [2.24, 2.45) is 11.7 Å². The molecule has 1 aliphatic carbocycles. The molecule has 0 saturated heterocycles. The molecule has 0 amide bonds. The quantitative estimate of drug-likeness (QED) is 0.824. The fraction of sp³-hybridized carbons (Fsp3) is 0.500. The Morgan fingerprint density at radius 2 is 2.21 bits per heavy atom. The molecule has 2 N–H and O–H groups in total. The number of halogens is 1. The van der Waals surface area contributed by atoms with Crippen molar-refractivity contribution in [3.05, 3.63) is 35.1 Å². The number of benzene rings is 1. The number of rotatable bonds is 5. The maximum absolute atomic E-state index is 13.3. The fourth-order valence-electron chi connectivity index (χ4n) is 2.16. The molecule has 1 aliphatic rings. The Labute approximate surface area is 114 Å². The Morgan fingerprint density at radius 1 is 1.42 bits per heavy atom. The second-order valence-electron chi connectivity index (χ2n) is 5.08. The summed E-state index contributed by atoms with van der Waals surface area (Å²) < 4.78 is 13.3. The highest BCUT2D eigenvalue weighted by atomic mass is 19.1. The molecule has 1 aromatic rings. The molecule has 0 aromatic heterocycles. The highest BCUT2D eigenvalue weighted by Crippen LogP contribution is 2.30. The van der Waals surface area contributed by atoms with Crippen molar-refractivity contribution in [3.8, 4) is 11.8 Å². The van der Waals surface area contributed by atoms with Gasteiger partial charge in [-0.3, -0.25) is 4.90 Å². The van der Waals surface area contributed by atoms with Gasteiger partial charge in [-0.25, -0.2) is 4.39 Å². The summed E-state index contributed by atoms with van der Waals surface area (Å²) in [5.41, 5.74) is 7.24. The molecule has 0 bridgehead atoms. The van der Waals surface area contributed by atoms with E-state index in [9.17, 15) is 4.39 Å². The van der Waals surface area contributed by atoms with Crippen LogP contribution in [0.2, 0.25) is 0 Å². The molecular formula is C16H21FN2. The first-order valence-electron chi connectivity index (χ1n) is 6.92. The van der Waals surface area contributed by atoms with E-state index in [1.54, 1.807) is 0 Å². The number of nitrogens with zero attached hydrogens (tertiary/aromatic N) is 1. The van der Waals surface area contributed by atoms with Gasteiger partial charge in [0.2, 0.25) is 0 Å². The third-order valence-electron chi connectivity index (χ3n) is 3.45. The monoisotopic (exact) mass is 260 g/mol. The van der Waals surface area contributed by atoms with E-state index in [4.69, 9.17) is 5.73 Å². The van der Waals surface area contributed by atoms with Crippen molar-refractivity contribution < 1.29 is 4.39 Å². The van der Waals surface area contributed by atoms with Gasteiger partial charge in [0.25, 0.3) is 0 Å². The van der Waals surface area contributed by atoms with Gasteiger partial charge in [0, 0.05) is 18.7 Å². The van der Waals surface area contributed by atoms with E-state index in [0.717, 1.165) is 36.7 Å². The Kier molecular flexibility index (Phi) is 4.95. The minimum Gasteiger partial charge on any atom is -0.320 e. The third-order valence-corrected chi connectivity index (χ3v) is 3.45. The van der Waals surface area contributed by atoms with Gasteiger partial charge in [0.15, 0.2) is 0 Å². The van der Waals surface area contributed by atoms with Gasteiger partial charge in [0.1, 0.15) is 5.82 Å². The SMILES string of the molecule is CCN(Cc1ccc(F)cc1C#CCN)CC1CC1. The smallest absolute Gasteiger partial charge is 0.124 e. The topological polar surface area (TPSA) is 29.3 Å². The van der Waals surface area contributed by atoms with Crippen LogP contribution < -0.4 is 5.73 Å². The van der Waals surface area contributed by atoms with Crippen molar-refractivity contribution in [1.82, 2.24) is 4.90 Å². The number of nitrogens with two attached hydrogens (primary N) is 1. The molecule has 2 rings (SSSR count). The lowest BCUT2D eigenvalue weighted by Crippen LogP contribution is -2.25. The lowest BCUT2D eigenvalue weighted by Gasteiger charge is -2.21. The molecule has 1 fully saturated rings. The summed E-state index contributed by atoms with van der Waals surface area (Å²) >= 11 is 0. The third kappa shape index (κ3) is 4.34. The average molecular weight is 260 g/mol. The molecule has 1 aromatic carbocycles. The van der Waals surface area contributed by atoms with Gasteiger partial charge in [-0.15, -0.1) is 0 Å². The van der Waals surface area contributed by atoms with E-state index in [1.807, 2.05) is 6.07 Å². The van der Waals surface area contributed by atoms with Crippen LogP contribution in [0, 0.1) is 23.6 Å². The summed E-state index contributed by atoms with van der Waals surface area (Å²) in [6.07, 6.45) is 2.69. The zero-order valence-electron chi connectivity index (χ0n) is 11.5. The van der Waals surface area contributed by atoms with Crippen LogP contribution in [0.4, 0.5) is 4.39 Å². The Hall–Kier alpha value is -1.37. The molecule has 102 valence electrons. The summed E-state index contributed by atoms with van der Waals surface area (Å²) in [5, 5.41) is 0. The van der Waals surface area contributed by atoms with Crippen molar-refractivity contribution >= 4 is 0 Å². The highest BCUT2D eigenvalue weighted by Gasteiger charge is 2.23. The van der Waals surface area contributed by atoms with Crippen molar-refractivity contribution in [1.29, 1.82) is 0 Å². The first kappa shape index (κ1) is 14.0. The zero-order valence-corrected chi connectivity index (χ0v) is 11.5. The van der Waals surface area contributed by atoms with E-state index in [1.165, 1.54) is 25.0 Å². The summed E-state index contributed by atoms with van der Waals surface area (Å²) in [7, 11) is 0. The Balaban J connectivity index is 2.12.